The summed E-state index contributed by atoms with van der Waals surface area (Å²) >= 11 is 6.12. The molecular weight excluding hydrogens is 378 g/mol. The molecule has 2 aromatic rings. The fourth-order valence-electron chi connectivity index (χ4n) is 2.59. The Kier molecular flexibility index (Phi) is 7.18. The number of nitrogens with zero attached hydrogens (tertiary/aromatic N) is 1. The number of rotatable bonds is 7. The second-order valence-electron chi connectivity index (χ2n) is 7.62. The van der Waals surface area contributed by atoms with Crippen LogP contribution in [0.15, 0.2) is 42.5 Å². The summed E-state index contributed by atoms with van der Waals surface area (Å²) in [5.74, 6) is -0.671. The molecule has 0 bridgehead atoms. The summed E-state index contributed by atoms with van der Waals surface area (Å²) < 4.78 is 0. The Hall–Kier alpha value is -2.41. The van der Waals surface area contributed by atoms with Crippen LogP contribution in [0.3, 0.4) is 0 Å². The molecule has 2 rings (SSSR count). The van der Waals surface area contributed by atoms with E-state index in [2.05, 4.69) is 10.6 Å². The third-order valence-corrected chi connectivity index (χ3v) is 4.17. The van der Waals surface area contributed by atoms with E-state index in [9.17, 15) is 14.7 Å². The van der Waals surface area contributed by atoms with E-state index < -0.39 is 5.54 Å². The summed E-state index contributed by atoms with van der Waals surface area (Å²) in [6.45, 7) is 3.94. The summed E-state index contributed by atoms with van der Waals surface area (Å²) in [5, 5.41) is 15.2. The molecule has 0 fully saturated rings. The first-order valence-corrected chi connectivity index (χ1v) is 9.26. The fourth-order valence-corrected chi connectivity index (χ4v) is 2.83. The van der Waals surface area contributed by atoms with Gasteiger partial charge in [0.1, 0.15) is 0 Å². The Labute approximate surface area is 170 Å². The van der Waals surface area contributed by atoms with Gasteiger partial charge in [0, 0.05) is 28.4 Å². The second-order valence-corrected chi connectivity index (χ2v) is 8.05. The van der Waals surface area contributed by atoms with Crippen LogP contribution >= 0.6 is 11.6 Å². The Bertz CT molecular complexity index is 866. The summed E-state index contributed by atoms with van der Waals surface area (Å²) in [6, 6.07) is 12.0. The van der Waals surface area contributed by atoms with Crippen LogP contribution in [0.1, 0.15) is 40.1 Å². The normalized spacial score (nSPS) is 11.4. The second kappa shape index (κ2) is 9.19. The van der Waals surface area contributed by atoms with Crippen molar-refractivity contribution in [3.05, 3.63) is 64.2 Å². The molecule has 0 unspecified atom stereocenters. The lowest BCUT2D eigenvalue weighted by molar-refractivity contribution is 0.0868. The van der Waals surface area contributed by atoms with Gasteiger partial charge in [-0.1, -0.05) is 23.7 Å². The molecule has 150 valence electrons. The van der Waals surface area contributed by atoms with Gasteiger partial charge in [-0.25, -0.2) is 0 Å². The van der Waals surface area contributed by atoms with E-state index in [4.69, 9.17) is 11.6 Å². The molecule has 2 amide bonds. The predicted molar refractivity (Wildman–Crippen MR) is 112 cm³/mol. The van der Waals surface area contributed by atoms with Gasteiger partial charge >= 0.3 is 0 Å². The summed E-state index contributed by atoms with van der Waals surface area (Å²) in [6.07, 6.45) is 0. The van der Waals surface area contributed by atoms with Crippen LogP contribution in [0.4, 0.5) is 5.69 Å². The number of benzene rings is 2. The molecule has 6 nitrogen and oxygen atoms in total. The lowest BCUT2D eigenvalue weighted by Crippen LogP contribution is -2.46. The first-order valence-electron chi connectivity index (χ1n) is 8.88. The molecule has 0 aliphatic rings. The maximum Gasteiger partial charge on any atom is 0.255 e. The van der Waals surface area contributed by atoms with E-state index in [1.54, 1.807) is 32.0 Å². The Morgan fingerprint density at radius 3 is 2.43 bits per heavy atom. The largest absolute Gasteiger partial charge is 0.394 e. The zero-order valence-electron chi connectivity index (χ0n) is 16.5. The van der Waals surface area contributed by atoms with Crippen molar-refractivity contribution in [2.45, 2.75) is 25.9 Å². The average Bonchev–Trinajstić information content (AvgIpc) is 2.60. The monoisotopic (exact) mass is 403 g/mol. The molecule has 0 spiro atoms. The molecule has 0 heterocycles. The van der Waals surface area contributed by atoms with E-state index >= 15 is 0 Å². The van der Waals surface area contributed by atoms with Gasteiger partial charge < -0.3 is 20.6 Å². The maximum absolute atomic E-state index is 12.6. The van der Waals surface area contributed by atoms with Crippen molar-refractivity contribution in [1.82, 2.24) is 10.2 Å². The van der Waals surface area contributed by atoms with Crippen LogP contribution in [0.2, 0.25) is 5.02 Å². The smallest absolute Gasteiger partial charge is 0.255 e. The number of halogens is 1. The van der Waals surface area contributed by atoms with Crippen LogP contribution in [-0.4, -0.2) is 48.1 Å². The number of aliphatic hydroxyl groups excluding tert-OH is 1. The van der Waals surface area contributed by atoms with E-state index in [0.29, 0.717) is 21.8 Å². The molecule has 0 saturated carbocycles. The van der Waals surface area contributed by atoms with E-state index in [1.165, 1.54) is 6.07 Å². The molecule has 0 aromatic heterocycles. The molecule has 0 saturated heterocycles. The first kappa shape index (κ1) is 21.9. The highest BCUT2D eigenvalue weighted by Crippen LogP contribution is 2.21. The Balaban J connectivity index is 2.19. The maximum atomic E-state index is 12.6. The molecule has 0 aliphatic heterocycles. The van der Waals surface area contributed by atoms with Gasteiger partial charge in [0.2, 0.25) is 0 Å². The first-order chi connectivity index (χ1) is 13.1. The number of aliphatic hydroxyl groups is 1. The molecule has 7 heteroatoms. The van der Waals surface area contributed by atoms with Crippen molar-refractivity contribution < 1.29 is 14.7 Å². The number of carbonyl (C=O) groups is 2. The van der Waals surface area contributed by atoms with Crippen LogP contribution in [-0.2, 0) is 6.54 Å². The Morgan fingerprint density at radius 2 is 1.79 bits per heavy atom. The van der Waals surface area contributed by atoms with Crippen molar-refractivity contribution in [3.63, 3.8) is 0 Å². The van der Waals surface area contributed by atoms with Crippen LogP contribution < -0.4 is 10.6 Å². The topological polar surface area (TPSA) is 81.7 Å². The molecule has 28 heavy (non-hydrogen) atoms. The predicted octanol–water partition coefficient (Wildman–Crippen LogP) is 3.15. The van der Waals surface area contributed by atoms with Gasteiger partial charge in [-0.2, -0.15) is 0 Å². The zero-order chi connectivity index (χ0) is 20.9. The number of anilines is 1. The summed E-state index contributed by atoms with van der Waals surface area (Å²) in [4.78, 5) is 27.1. The molecule has 2 aromatic carbocycles. The van der Waals surface area contributed by atoms with Crippen molar-refractivity contribution in [3.8, 4) is 0 Å². The molecule has 0 radical (unpaired) electrons. The fraction of sp³-hybridized carbons (Fsp3) is 0.333. The van der Waals surface area contributed by atoms with Crippen LogP contribution in [0, 0.1) is 0 Å². The minimum Gasteiger partial charge on any atom is -0.394 e. The lowest BCUT2D eigenvalue weighted by Gasteiger charge is -2.23. The average molecular weight is 404 g/mol. The quantitative estimate of drug-likeness (QED) is 0.663. The van der Waals surface area contributed by atoms with Gasteiger partial charge in [-0.05, 0) is 63.8 Å². The number of hydrogen-bond acceptors (Lipinski definition) is 4. The summed E-state index contributed by atoms with van der Waals surface area (Å²) in [5.41, 5.74) is 1.49. The van der Waals surface area contributed by atoms with Crippen molar-refractivity contribution >= 4 is 29.1 Å². The number of amides is 2. The Morgan fingerprint density at radius 1 is 1.07 bits per heavy atom. The van der Waals surface area contributed by atoms with Crippen molar-refractivity contribution in [1.29, 1.82) is 0 Å². The van der Waals surface area contributed by atoms with Gasteiger partial charge in [-0.15, -0.1) is 0 Å². The van der Waals surface area contributed by atoms with Crippen molar-refractivity contribution in [2.24, 2.45) is 0 Å². The molecule has 0 atom stereocenters. The lowest BCUT2D eigenvalue weighted by atomic mass is 10.1. The van der Waals surface area contributed by atoms with E-state index in [1.807, 2.05) is 37.2 Å². The van der Waals surface area contributed by atoms with E-state index in [0.717, 1.165) is 12.1 Å². The summed E-state index contributed by atoms with van der Waals surface area (Å²) in [7, 11) is 3.92. The molecule has 3 N–H and O–H groups in total. The van der Waals surface area contributed by atoms with Crippen LogP contribution in [0.5, 0.6) is 0 Å². The number of nitrogens with one attached hydrogen (secondary N) is 2. The highest BCUT2D eigenvalue weighted by molar-refractivity contribution is 6.31. The van der Waals surface area contributed by atoms with Gasteiger partial charge in [0.25, 0.3) is 11.8 Å². The molecule has 0 aliphatic carbocycles. The molecular formula is C21H26ClN3O3. The minimum atomic E-state index is -0.768. The van der Waals surface area contributed by atoms with Gasteiger partial charge in [0.15, 0.2) is 0 Å². The standard InChI is InChI=1S/C21H26ClN3O3/c1-21(2,13-26)24-20(28)16-9-17(22)11-18(10-16)23-19(27)15-7-5-6-14(8-15)12-25(3)4/h5-11,26H,12-13H2,1-4H3,(H,23,27)(H,24,28). The SMILES string of the molecule is CN(C)Cc1cccc(C(=O)Nc2cc(Cl)cc(C(=O)NC(C)(C)CO)c2)c1. The highest BCUT2D eigenvalue weighted by Gasteiger charge is 2.21. The van der Waals surface area contributed by atoms with Gasteiger partial charge in [0.05, 0.1) is 12.1 Å². The minimum absolute atomic E-state index is 0.202. The number of carbonyl (C=O) groups excluding carboxylic acids is 2. The van der Waals surface area contributed by atoms with E-state index in [-0.39, 0.29) is 18.4 Å². The van der Waals surface area contributed by atoms with Crippen LogP contribution in [0.25, 0.3) is 0 Å². The van der Waals surface area contributed by atoms with Crippen molar-refractivity contribution in [2.75, 3.05) is 26.0 Å². The van der Waals surface area contributed by atoms with Gasteiger partial charge in [-0.3, -0.25) is 9.59 Å². The highest BCUT2D eigenvalue weighted by atomic mass is 35.5. The third-order valence-electron chi connectivity index (χ3n) is 3.95. The third kappa shape index (κ3) is 6.34. The zero-order valence-corrected chi connectivity index (χ0v) is 17.3. The number of hydrogen-bond donors (Lipinski definition) is 3.